The molecule has 0 aliphatic heterocycles. The zero-order chi connectivity index (χ0) is 26.8. The van der Waals surface area contributed by atoms with Gasteiger partial charge < -0.3 is 53.6 Å². The molecule has 0 unspecified atom stereocenters. The minimum absolute atomic E-state index is 0.0988. The number of aliphatic hydroxyl groups excluding tert-OH is 1. The summed E-state index contributed by atoms with van der Waals surface area (Å²) in [6, 6.07) is -4.26. The summed E-state index contributed by atoms with van der Waals surface area (Å²) >= 11 is 0. The second-order valence-corrected chi connectivity index (χ2v) is 6.59. The predicted octanol–water partition coefficient (Wildman–Crippen LogP) is -4.90. The van der Waals surface area contributed by atoms with E-state index in [0.29, 0.717) is 6.42 Å². The number of nitrogens with two attached hydrogens (primary N) is 3. The van der Waals surface area contributed by atoms with E-state index in [4.69, 9.17) is 42.4 Å². The van der Waals surface area contributed by atoms with Crippen LogP contribution in [0.15, 0.2) is 4.99 Å². The average molecular weight is 493 g/mol. The van der Waals surface area contributed by atoms with E-state index in [0.717, 1.165) is 6.92 Å². The van der Waals surface area contributed by atoms with E-state index in [-0.39, 0.29) is 18.9 Å². The fourth-order valence-corrected chi connectivity index (χ4v) is 2.04. The van der Waals surface area contributed by atoms with Gasteiger partial charge in [0, 0.05) is 13.5 Å². The number of aliphatic hydroxyl groups is 1. The Morgan fingerprint density at radius 1 is 0.941 bits per heavy atom. The van der Waals surface area contributed by atoms with Gasteiger partial charge in [0.15, 0.2) is 5.96 Å². The van der Waals surface area contributed by atoms with Crippen LogP contribution in [0.1, 0.15) is 26.2 Å². The number of nitrogens with one attached hydrogen (secondary N) is 3. The number of carboxylic acids is 3. The van der Waals surface area contributed by atoms with E-state index in [2.05, 4.69) is 15.6 Å². The lowest BCUT2D eigenvalue weighted by Gasteiger charge is -2.19. The Kier molecular flexibility index (Phi) is 16.6. The Morgan fingerprint density at radius 2 is 1.50 bits per heavy atom. The van der Waals surface area contributed by atoms with Crippen LogP contribution in [0.4, 0.5) is 0 Å². The van der Waals surface area contributed by atoms with Crippen LogP contribution in [-0.2, 0) is 28.8 Å². The third-order valence-corrected chi connectivity index (χ3v) is 3.56. The first-order valence-corrected chi connectivity index (χ1v) is 9.64. The lowest BCUT2D eigenvalue weighted by atomic mass is 10.1. The Labute approximate surface area is 193 Å². The van der Waals surface area contributed by atoms with E-state index in [1.54, 1.807) is 0 Å². The van der Waals surface area contributed by atoms with E-state index in [1.807, 2.05) is 5.32 Å². The average Bonchev–Trinajstić information content (AvgIpc) is 2.71. The maximum absolute atomic E-state index is 12.0. The molecule has 0 saturated heterocycles. The number of aliphatic carboxylic acids is 3. The molecule has 0 saturated carbocycles. The van der Waals surface area contributed by atoms with Gasteiger partial charge in [0.1, 0.15) is 12.1 Å². The maximum Gasteiger partial charge on any atom is 0.328 e. The van der Waals surface area contributed by atoms with Gasteiger partial charge in [-0.25, -0.2) is 4.79 Å². The SMILES string of the molecule is CC(=O)O.NC(N)=NCCC[C@H](N)C(=O)NCC(=O)N[C@@H](CC(=O)O)C(=O)N[C@@H](CO)C(=O)O. The molecule has 17 heteroatoms. The molecule has 0 rings (SSSR count). The molecule has 0 bridgehead atoms. The zero-order valence-corrected chi connectivity index (χ0v) is 18.4. The van der Waals surface area contributed by atoms with Crippen molar-refractivity contribution in [2.75, 3.05) is 19.7 Å². The molecule has 0 spiro atoms. The summed E-state index contributed by atoms with van der Waals surface area (Å²) in [7, 11) is 0. The third-order valence-electron chi connectivity index (χ3n) is 3.56. The van der Waals surface area contributed by atoms with Gasteiger partial charge in [-0.3, -0.25) is 29.0 Å². The Morgan fingerprint density at radius 3 is 1.94 bits per heavy atom. The van der Waals surface area contributed by atoms with Gasteiger partial charge in [0.2, 0.25) is 17.7 Å². The quantitative estimate of drug-likeness (QED) is 0.0616. The summed E-state index contributed by atoms with van der Waals surface area (Å²) in [5.74, 6) is -6.63. The molecule has 0 radical (unpaired) electrons. The van der Waals surface area contributed by atoms with Crippen LogP contribution in [-0.4, -0.2) is 99.8 Å². The van der Waals surface area contributed by atoms with Crippen LogP contribution in [0.2, 0.25) is 0 Å². The van der Waals surface area contributed by atoms with E-state index >= 15 is 0 Å². The Hall–Kier alpha value is -3.99. The van der Waals surface area contributed by atoms with E-state index < -0.39 is 73.3 Å². The molecule has 0 aromatic carbocycles. The summed E-state index contributed by atoms with van der Waals surface area (Å²) in [4.78, 5) is 70.3. The van der Waals surface area contributed by atoms with Crippen molar-refractivity contribution in [2.45, 2.75) is 44.3 Å². The van der Waals surface area contributed by atoms with Gasteiger partial charge >= 0.3 is 11.9 Å². The van der Waals surface area contributed by atoms with Crippen LogP contribution in [0.5, 0.6) is 0 Å². The number of rotatable bonds is 14. The zero-order valence-electron chi connectivity index (χ0n) is 18.4. The fourth-order valence-electron chi connectivity index (χ4n) is 2.04. The van der Waals surface area contributed by atoms with Gasteiger partial charge in [-0.2, -0.15) is 0 Å². The van der Waals surface area contributed by atoms with E-state index in [9.17, 15) is 24.0 Å². The molecule has 0 aromatic heterocycles. The molecule has 0 aliphatic carbocycles. The normalized spacial score (nSPS) is 12.4. The predicted molar refractivity (Wildman–Crippen MR) is 115 cm³/mol. The largest absolute Gasteiger partial charge is 0.481 e. The Bertz CT molecular complexity index is 751. The molecule has 13 N–H and O–H groups in total. The number of carbonyl (C=O) groups excluding carboxylic acids is 3. The summed E-state index contributed by atoms with van der Waals surface area (Å²) in [6.07, 6.45) is -0.214. The summed E-state index contributed by atoms with van der Waals surface area (Å²) in [5.41, 5.74) is 16.0. The van der Waals surface area contributed by atoms with Gasteiger partial charge in [0.05, 0.1) is 25.6 Å². The van der Waals surface area contributed by atoms with Crippen molar-refractivity contribution in [1.82, 2.24) is 16.0 Å². The second kappa shape index (κ2) is 17.6. The van der Waals surface area contributed by atoms with Crippen LogP contribution in [0.3, 0.4) is 0 Å². The second-order valence-electron chi connectivity index (χ2n) is 6.59. The first-order valence-electron chi connectivity index (χ1n) is 9.64. The van der Waals surface area contributed by atoms with Gasteiger partial charge in [-0.15, -0.1) is 0 Å². The van der Waals surface area contributed by atoms with Crippen molar-refractivity contribution in [3.8, 4) is 0 Å². The van der Waals surface area contributed by atoms with Crippen LogP contribution in [0.25, 0.3) is 0 Å². The molecular weight excluding hydrogens is 462 g/mol. The highest BCUT2D eigenvalue weighted by Gasteiger charge is 2.28. The van der Waals surface area contributed by atoms with Crippen LogP contribution in [0, 0.1) is 0 Å². The lowest BCUT2D eigenvalue weighted by Crippen LogP contribution is -2.55. The number of carbonyl (C=O) groups is 6. The number of carboxylic acid groups (broad SMARTS) is 3. The van der Waals surface area contributed by atoms with Crippen molar-refractivity contribution in [3.05, 3.63) is 0 Å². The highest BCUT2D eigenvalue weighted by Crippen LogP contribution is 1.97. The highest BCUT2D eigenvalue weighted by molar-refractivity contribution is 5.94. The molecule has 17 nitrogen and oxygen atoms in total. The molecule has 0 fully saturated rings. The first kappa shape index (κ1) is 32.2. The van der Waals surface area contributed by atoms with Crippen LogP contribution < -0.4 is 33.2 Å². The number of hydrogen-bond acceptors (Lipinski definition) is 9. The van der Waals surface area contributed by atoms with Crippen LogP contribution >= 0.6 is 0 Å². The number of amides is 3. The summed E-state index contributed by atoms with van der Waals surface area (Å²) in [5, 5.41) is 40.2. The highest BCUT2D eigenvalue weighted by atomic mass is 16.4. The third kappa shape index (κ3) is 17.7. The Balaban J connectivity index is 0. The molecule has 0 aromatic rings. The van der Waals surface area contributed by atoms with Crippen molar-refractivity contribution < 1.29 is 49.2 Å². The molecule has 0 heterocycles. The molecular formula is C17H31N7O10. The number of nitrogens with zero attached hydrogens (tertiary/aromatic N) is 1. The van der Waals surface area contributed by atoms with Crippen molar-refractivity contribution >= 4 is 41.6 Å². The molecule has 3 amide bonds. The lowest BCUT2D eigenvalue weighted by molar-refractivity contribution is -0.144. The molecule has 0 aliphatic rings. The minimum atomic E-state index is -1.68. The maximum atomic E-state index is 12.0. The smallest absolute Gasteiger partial charge is 0.328 e. The number of hydrogen-bond donors (Lipinski definition) is 10. The topological polar surface area (TPSA) is 310 Å². The van der Waals surface area contributed by atoms with Crippen molar-refractivity contribution in [1.29, 1.82) is 0 Å². The monoisotopic (exact) mass is 493 g/mol. The van der Waals surface area contributed by atoms with E-state index in [1.165, 1.54) is 0 Å². The van der Waals surface area contributed by atoms with Gasteiger partial charge in [0.25, 0.3) is 5.97 Å². The molecule has 194 valence electrons. The number of aliphatic imine (C=N–C) groups is 1. The summed E-state index contributed by atoms with van der Waals surface area (Å²) in [6.45, 7) is -0.195. The van der Waals surface area contributed by atoms with Crippen molar-refractivity contribution in [3.63, 3.8) is 0 Å². The fraction of sp³-hybridized carbons (Fsp3) is 0.588. The number of guanidine groups is 1. The standard InChI is InChI=1S/C15H27N7O8.C2H4O2/c16-7(2-1-3-19-15(17)18)12(27)20-5-10(24)21-8(4-11(25)26)13(28)22-9(6-23)14(29)30;1-2(3)4/h7-9,23H,1-6,16H2,(H,20,27)(H,21,24)(H,22,28)(H,25,26)(H,29,30)(H4,17,18,19);1H3,(H,3,4)/t7-,8-,9-;/m0./s1. The van der Waals surface area contributed by atoms with Gasteiger partial charge in [-0.05, 0) is 12.8 Å². The van der Waals surface area contributed by atoms with Gasteiger partial charge in [-0.1, -0.05) is 0 Å². The summed E-state index contributed by atoms with van der Waals surface area (Å²) < 4.78 is 0. The van der Waals surface area contributed by atoms with Crippen molar-refractivity contribution in [2.24, 2.45) is 22.2 Å². The first-order chi connectivity index (χ1) is 15.7. The molecule has 34 heavy (non-hydrogen) atoms. The minimum Gasteiger partial charge on any atom is -0.481 e. The molecule has 3 atom stereocenters.